The van der Waals surface area contributed by atoms with E-state index in [2.05, 4.69) is 167 Å². The van der Waals surface area contributed by atoms with Gasteiger partial charge in [0.2, 0.25) is 0 Å². The number of benzene rings is 7. The van der Waals surface area contributed by atoms with Gasteiger partial charge in [0.1, 0.15) is 5.58 Å². The molecule has 0 saturated heterocycles. The third-order valence-electron chi connectivity index (χ3n) is 11.5. The van der Waals surface area contributed by atoms with Gasteiger partial charge in [0.15, 0.2) is 5.58 Å². The molecule has 0 atom stereocenters. The zero-order valence-electron chi connectivity index (χ0n) is 28.6. The van der Waals surface area contributed by atoms with Crippen molar-refractivity contribution >= 4 is 49.8 Å². The first kappa shape index (κ1) is 28.4. The van der Waals surface area contributed by atoms with Crippen LogP contribution in [0.1, 0.15) is 55.5 Å². The smallest absolute Gasteiger partial charge is 0.159 e. The Morgan fingerprint density at radius 3 is 1.84 bits per heavy atom. The highest BCUT2D eigenvalue weighted by atomic mass is 16.3. The van der Waals surface area contributed by atoms with Crippen molar-refractivity contribution in [2.75, 3.05) is 4.90 Å². The van der Waals surface area contributed by atoms with Crippen molar-refractivity contribution in [3.05, 3.63) is 161 Å². The lowest BCUT2D eigenvalue weighted by molar-refractivity contribution is 0.652. The van der Waals surface area contributed by atoms with Gasteiger partial charge in [-0.2, -0.15) is 0 Å². The molecular weight excluding hydrogens is 595 g/mol. The summed E-state index contributed by atoms with van der Waals surface area (Å²) in [5.74, 6) is 0. The molecule has 10 rings (SSSR count). The van der Waals surface area contributed by atoms with Gasteiger partial charge in [0.25, 0.3) is 0 Å². The highest BCUT2D eigenvalue weighted by Crippen LogP contribution is 2.57. The van der Waals surface area contributed by atoms with Crippen molar-refractivity contribution in [1.82, 2.24) is 0 Å². The summed E-state index contributed by atoms with van der Waals surface area (Å²) in [4.78, 5) is 2.38. The number of fused-ring (bicyclic) bond motifs is 10. The largest absolute Gasteiger partial charge is 0.454 e. The lowest BCUT2D eigenvalue weighted by Crippen LogP contribution is -2.17. The predicted molar refractivity (Wildman–Crippen MR) is 206 cm³/mol. The van der Waals surface area contributed by atoms with Crippen LogP contribution in [-0.4, -0.2) is 0 Å². The second kappa shape index (κ2) is 9.74. The van der Waals surface area contributed by atoms with E-state index in [0.29, 0.717) is 0 Å². The van der Waals surface area contributed by atoms with Gasteiger partial charge in [-0.3, -0.25) is 0 Å². The molecule has 2 aliphatic carbocycles. The second-order valence-corrected chi connectivity index (χ2v) is 15.1. The SMILES string of the molecule is Cc1cccc(N(c2ccc3c(c2)C(C)(C)c2cc4c(cc2-3)C(C)(C)c2cc3ccccc3cc2-4)c2cccc3c2oc2ccccc23)c1. The van der Waals surface area contributed by atoms with Gasteiger partial charge in [0, 0.05) is 33.0 Å². The summed E-state index contributed by atoms with van der Waals surface area (Å²) in [7, 11) is 0. The number of aryl methyl sites for hydroxylation is 1. The molecule has 2 aliphatic rings. The predicted octanol–water partition coefficient (Wildman–Crippen LogP) is 13.1. The quantitative estimate of drug-likeness (QED) is 0.193. The van der Waals surface area contributed by atoms with Gasteiger partial charge in [-0.15, -0.1) is 0 Å². The molecule has 1 heterocycles. The third-order valence-corrected chi connectivity index (χ3v) is 11.5. The van der Waals surface area contributed by atoms with Crippen LogP contribution in [0.15, 0.2) is 138 Å². The van der Waals surface area contributed by atoms with Crippen LogP contribution in [0.3, 0.4) is 0 Å². The molecule has 1 aromatic heterocycles. The fourth-order valence-corrected chi connectivity index (χ4v) is 8.88. The normalized spacial score (nSPS) is 15.0. The molecule has 49 heavy (non-hydrogen) atoms. The first-order valence-corrected chi connectivity index (χ1v) is 17.3. The van der Waals surface area contributed by atoms with E-state index < -0.39 is 0 Å². The van der Waals surface area contributed by atoms with E-state index in [9.17, 15) is 0 Å². The van der Waals surface area contributed by atoms with Crippen molar-refractivity contribution in [3.8, 4) is 22.3 Å². The first-order valence-electron chi connectivity index (χ1n) is 17.3. The molecule has 7 aromatic carbocycles. The van der Waals surface area contributed by atoms with Crippen LogP contribution >= 0.6 is 0 Å². The van der Waals surface area contributed by atoms with E-state index in [-0.39, 0.29) is 10.8 Å². The van der Waals surface area contributed by atoms with Crippen molar-refractivity contribution in [1.29, 1.82) is 0 Å². The number of nitrogens with zero attached hydrogens (tertiary/aromatic N) is 1. The summed E-state index contributed by atoms with van der Waals surface area (Å²) in [6, 6.07) is 49.3. The molecule has 0 fully saturated rings. The Hall–Kier alpha value is -5.60. The van der Waals surface area contributed by atoms with E-state index in [1.165, 1.54) is 60.8 Å². The molecule has 0 amide bonds. The van der Waals surface area contributed by atoms with Crippen LogP contribution in [0.5, 0.6) is 0 Å². The van der Waals surface area contributed by atoms with Crippen molar-refractivity contribution in [2.45, 2.75) is 45.4 Å². The minimum absolute atomic E-state index is 0.0796. The lowest BCUT2D eigenvalue weighted by Gasteiger charge is -2.28. The van der Waals surface area contributed by atoms with E-state index in [0.717, 1.165) is 39.0 Å². The maximum atomic E-state index is 6.60. The Morgan fingerprint density at radius 1 is 0.469 bits per heavy atom. The highest BCUT2D eigenvalue weighted by molar-refractivity contribution is 6.10. The van der Waals surface area contributed by atoms with Crippen molar-refractivity contribution in [3.63, 3.8) is 0 Å². The van der Waals surface area contributed by atoms with Crippen LogP contribution in [0.2, 0.25) is 0 Å². The topological polar surface area (TPSA) is 16.4 Å². The average Bonchev–Trinajstić information content (AvgIpc) is 3.67. The maximum absolute atomic E-state index is 6.60. The molecule has 0 N–H and O–H groups in total. The molecule has 0 radical (unpaired) electrons. The molecule has 2 nitrogen and oxygen atoms in total. The molecule has 0 bridgehead atoms. The number of hydrogen-bond acceptors (Lipinski definition) is 2. The van der Waals surface area contributed by atoms with Crippen LogP contribution in [0, 0.1) is 6.92 Å². The molecular formula is C47H37NO. The van der Waals surface area contributed by atoms with Gasteiger partial charge in [-0.1, -0.05) is 100 Å². The standard InChI is InChI=1S/C47H37NO/c1-28-12-10-15-31(22-28)48(43-18-11-17-35-34-16-8-9-19-44(34)49-45(35)43)32-20-21-33-37-26-42-38(27-41(37)47(4,5)40(33)25-32)36-23-29-13-6-7-14-30(29)24-39(36)46(42,2)3/h6-27H,1-5H3. The summed E-state index contributed by atoms with van der Waals surface area (Å²) in [6.45, 7) is 11.7. The van der Waals surface area contributed by atoms with Gasteiger partial charge in [0.05, 0.1) is 5.69 Å². The van der Waals surface area contributed by atoms with Gasteiger partial charge in [-0.05, 0) is 128 Å². The molecule has 8 aromatic rings. The Balaban J connectivity index is 1.16. The third kappa shape index (κ3) is 3.89. The van der Waals surface area contributed by atoms with Crippen LogP contribution < -0.4 is 4.90 Å². The van der Waals surface area contributed by atoms with E-state index in [4.69, 9.17) is 4.42 Å². The lowest BCUT2D eigenvalue weighted by atomic mass is 9.79. The monoisotopic (exact) mass is 631 g/mol. The highest BCUT2D eigenvalue weighted by Gasteiger charge is 2.42. The minimum atomic E-state index is -0.177. The summed E-state index contributed by atoms with van der Waals surface area (Å²) in [5.41, 5.74) is 17.1. The Labute approximate surface area is 287 Å². The Morgan fingerprint density at radius 2 is 1.06 bits per heavy atom. The van der Waals surface area contributed by atoms with E-state index >= 15 is 0 Å². The van der Waals surface area contributed by atoms with Crippen LogP contribution in [-0.2, 0) is 10.8 Å². The summed E-state index contributed by atoms with van der Waals surface area (Å²) >= 11 is 0. The maximum Gasteiger partial charge on any atom is 0.159 e. The molecule has 0 spiro atoms. The second-order valence-electron chi connectivity index (χ2n) is 15.1. The van der Waals surface area contributed by atoms with Crippen molar-refractivity contribution < 1.29 is 4.42 Å². The van der Waals surface area contributed by atoms with Crippen LogP contribution in [0.4, 0.5) is 17.1 Å². The molecule has 0 unspecified atom stereocenters. The molecule has 2 heteroatoms. The number of anilines is 3. The average molecular weight is 632 g/mol. The van der Waals surface area contributed by atoms with E-state index in [1.54, 1.807) is 0 Å². The molecule has 0 aliphatic heterocycles. The number of para-hydroxylation sites is 2. The first-order chi connectivity index (χ1) is 23.7. The Bertz CT molecular complexity index is 2690. The van der Waals surface area contributed by atoms with Gasteiger partial charge in [-0.25, -0.2) is 0 Å². The zero-order chi connectivity index (χ0) is 33.2. The van der Waals surface area contributed by atoms with Gasteiger partial charge >= 0.3 is 0 Å². The molecule has 0 saturated carbocycles. The van der Waals surface area contributed by atoms with E-state index in [1.807, 2.05) is 6.07 Å². The van der Waals surface area contributed by atoms with Crippen molar-refractivity contribution in [2.24, 2.45) is 0 Å². The number of rotatable bonds is 3. The zero-order valence-corrected chi connectivity index (χ0v) is 28.6. The minimum Gasteiger partial charge on any atom is -0.454 e. The fourth-order valence-electron chi connectivity index (χ4n) is 8.88. The van der Waals surface area contributed by atoms with Crippen LogP contribution in [0.25, 0.3) is 55.0 Å². The Kier molecular flexibility index (Phi) is 5.65. The number of furan rings is 1. The summed E-state index contributed by atoms with van der Waals surface area (Å²) < 4.78 is 6.60. The fraction of sp³-hybridized carbons (Fsp3) is 0.149. The number of hydrogen-bond donors (Lipinski definition) is 0. The summed E-state index contributed by atoms with van der Waals surface area (Å²) in [5, 5.41) is 4.88. The molecule has 236 valence electrons. The summed E-state index contributed by atoms with van der Waals surface area (Å²) in [6.07, 6.45) is 0. The van der Waals surface area contributed by atoms with Gasteiger partial charge < -0.3 is 9.32 Å².